The van der Waals surface area contributed by atoms with Crippen LogP contribution in [-0.2, 0) is 17.1 Å². The first-order valence-electron chi connectivity index (χ1n) is 1.81. The van der Waals surface area contributed by atoms with Crippen molar-refractivity contribution in [2.45, 2.75) is 0 Å². The topological polar surface area (TPSA) is 167 Å². The second-order valence-corrected chi connectivity index (χ2v) is 0. The Bertz CT molecular complexity index is 112. The maximum absolute atomic E-state index is 6.50. The van der Waals surface area contributed by atoms with Crippen LogP contribution >= 0.6 is 0 Å². The van der Waals surface area contributed by atoms with E-state index < -0.39 is 0 Å². The molecule has 78 valence electrons. The molecule has 7 nitrogen and oxygen atoms in total. The maximum atomic E-state index is 6.50. The van der Waals surface area contributed by atoms with Crippen molar-refractivity contribution in [2.75, 3.05) is 0 Å². The number of nitrogens with zero attached hydrogens (tertiary/aromatic N) is 7. The van der Waals surface area contributed by atoms with Crippen LogP contribution in [0, 0.1) is 82.8 Å². The molecule has 0 amide bonds. The van der Waals surface area contributed by atoms with E-state index in [-0.39, 0.29) is 17.1 Å². The van der Waals surface area contributed by atoms with Gasteiger partial charge in [0.2, 0.25) is 0 Å². The summed E-state index contributed by atoms with van der Waals surface area (Å²) in [5.41, 5.74) is 0. The molecule has 0 saturated carbocycles. The van der Waals surface area contributed by atoms with Crippen molar-refractivity contribution in [3.63, 3.8) is 0 Å². The van der Waals surface area contributed by atoms with Gasteiger partial charge in [-0.15, -0.1) is 0 Å². The fourth-order valence-electron chi connectivity index (χ4n) is 0. The molecule has 0 aromatic carbocycles. The summed E-state index contributed by atoms with van der Waals surface area (Å²) >= 11 is 0. The summed E-state index contributed by atoms with van der Waals surface area (Å²) in [6, 6.07) is 0. The number of hydrogen-bond donors (Lipinski definition) is 0. The first-order valence-corrected chi connectivity index (χ1v) is 1.81. The Morgan fingerprint density at radius 2 is 0.267 bits per heavy atom. The van der Waals surface area contributed by atoms with Gasteiger partial charge < -0.3 is 0 Å². The molecule has 0 atom stereocenters. The summed E-state index contributed by atoms with van der Waals surface area (Å²) in [6.07, 6.45) is 0. The van der Waals surface area contributed by atoms with Crippen LogP contribution in [0.1, 0.15) is 0 Å². The third-order valence-electron chi connectivity index (χ3n) is 0. The Balaban J connectivity index is -0.00000000628. The largest absolute Gasteiger partial charge is 0.202 e. The molecule has 0 aliphatic rings. The van der Waals surface area contributed by atoms with Gasteiger partial charge in [-0.3, -0.25) is 0 Å². The fraction of sp³-hybridized carbons (Fsp3) is 0. The van der Waals surface area contributed by atoms with Gasteiger partial charge in [0.15, 0.2) is 0 Å². The predicted molar refractivity (Wildman–Crippen MR) is 46.7 cm³/mol. The van der Waals surface area contributed by atoms with Crippen molar-refractivity contribution in [1.82, 2.24) is 0 Å². The molecule has 0 saturated heterocycles. The van der Waals surface area contributed by atoms with Gasteiger partial charge in [0, 0.05) is 63.1 Å². The number of hydrogen-bond acceptors (Lipinski definition) is 7. The smallest absolute Gasteiger partial charge is 0.0462 e. The van der Waals surface area contributed by atoms with Crippen molar-refractivity contribution < 1.29 is 17.1 Å². The monoisotopic (exact) mass is 245 g/mol. The van der Waals surface area contributed by atoms with Crippen LogP contribution in [0.2, 0.25) is 0 Å². The van der Waals surface area contributed by atoms with Gasteiger partial charge in [-0.25, -0.2) is 36.8 Å². The normalized spacial score (nSPS) is 0.933. The standard InChI is InChI=1S/7CHN.Fe/c7*1-2;/h7*1H;. The van der Waals surface area contributed by atoms with Crippen molar-refractivity contribution >= 4 is 0 Å². The van der Waals surface area contributed by atoms with Gasteiger partial charge in [-0.05, 0) is 0 Å². The van der Waals surface area contributed by atoms with Crippen LogP contribution in [0.4, 0.5) is 0 Å². The first-order chi connectivity index (χ1) is 7.00. The van der Waals surface area contributed by atoms with Crippen LogP contribution in [0.15, 0.2) is 0 Å². The van der Waals surface area contributed by atoms with E-state index in [4.69, 9.17) is 36.8 Å². The van der Waals surface area contributed by atoms with Gasteiger partial charge in [0.25, 0.3) is 0 Å². The molecule has 0 fully saturated rings. The average Bonchev–Trinajstić information content (AvgIpc) is 2.45. The summed E-state index contributed by atoms with van der Waals surface area (Å²) in [5, 5.41) is 45.5. The number of nitriles is 7. The minimum atomic E-state index is 0. The van der Waals surface area contributed by atoms with Gasteiger partial charge in [0.1, 0.15) is 0 Å². The molecule has 15 heavy (non-hydrogen) atoms. The number of rotatable bonds is 0. The molecule has 0 radical (unpaired) electrons. The second-order valence-electron chi connectivity index (χ2n) is 0. The molecule has 0 aliphatic heterocycles. The Morgan fingerprint density at radius 1 is 0.267 bits per heavy atom. The van der Waals surface area contributed by atoms with Gasteiger partial charge in [-0.1, -0.05) is 0 Å². The third-order valence-corrected chi connectivity index (χ3v) is 0. The summed E-state index contributed by atoms with van der Waals surface area (Å²) < 4.78 is 0. The zero-order valence-electron chi connectivity index (χ0n) is 7.53. The fourth-order valence-corrected chi connectivity index (χ4v) is 0. The zero-order chi connectivity index (χ0) is 14.0. The molecule has 0 unspecified atom stereocenters. The van der Waals surface area contributed by atoms with E-state index >= 15 is 0 Å². The summed E-state index contributed by atoms with van der Waals surface area (Å²) in [6.45, 7) is 24.5. The molecule has 0 spiro atoms. The van der Waals surface area contributed by atoms with Crippen LogP contribution in [0.5, 0.6) is 0 Å². The molecule has 0 aromatic heterocycles. The Hall–Kier alpha value is -3.05. The van der Waals surface area contributed by atoms with Crippen LogP contribution < -0.4 is 0 Å². The zero-order valence-corrected chi connectivity index (χ0v) is 8.63. The van der Waals surface area contributed by atoms with E-state index in [1.807, 2.05) is 0 Å². The van der Waals surface area contributed by atoms with Crippen LogP contribution in [0.3, 0.4) is 0 Å². The molecule has 0 heterocycles. The summed E-state index contributed by atoms with van der Waals surface area (Å²) in [4.78, 5) is 0. The minimum absolute atomic E-state index is 0. The summed E-state index contributed by atoms with van der Waals surface area (Å²) in [7, 11) is 0. The molecule has 8 heteroatoms. The van der Waals surface area contributed by atoms with E-state index in [9.17, 15) is 0 Å². The molecular weight excluding hydrogens is 238 g/mol. The van der Waals surface area contributed by atoms with Gasteiger partial charge >= 0.3 is 0 Å². The van der Waals surface area contributed by atoms with Gasteiger partial charge in [0.05, 0.1) is 0 Å². The van der Waals surface area contributed by atoms with Crippen molar-refractivity contribution in [2.24, 2.45) is 0 Å². The molecule has 0 aliphatic carbocycles. The quantitative estimate of drug-likeness (QED) is 0.572. The minimum Gasteiger partial charge on any atom is -0.202 e. The first kappa shape index (κ1) is 91.8. The SMILES string of the molecule is C#N.C#N.C#N.C#N.C#N.C#N.C#N.[Fe]. The molecule has 0 rings (SSSR count). The van der Waals surface area contributed by atoms with Crippen molar-refractivity contribution in [3.05, 3.63) is 0 Å². The van der Waals surface area contributed by atoms with E-state index in [2.05, 4.69) is 46.0 Å². The molecule has 0 bridgehead atoms. The van der Waals surface area contributed by atoms with Crippen LogP contribution in [0.25, 0.3) is 0 Å². The Kier molecular flexibility index (Phi) is 713. The second kappa shape index (κ2) is 116. The van der Waals surface area contributed by atoms with E-state index in [1.165, 1.54) is 0 Å². The third kappa shape index (κ3) is 94.2. The van der Waals surface area contributed by atoms with Crippen molar-refractivity contribution in [1.29, 1.82) is 36.8 Å². The summed E-state index contributed by atoms with van der Waals surface area (Å²) in [5.74, 6) is 0. The maximum Gasteiger partial charge on any atom is 0.0462 e. The predicted octanol–water partition coefficient (Wildman–Crippen LogP) is 0.976. The van der Waals surface area contributed by atoms with E-state index in [0.717, 1.165) is 0 Å². The van der Waals surface area contributed by atoms with Crippen molar-refractivity contribution in [3.8, 4) is 46.0 Å². The van der Waals surface area contributed by atoms with E-state index in [1.54, 1.807) is 0 Å². The van der Waals surface area contributed by atoms with Crippen LogP contribution in [-0.4, -0.2) is 0 Å². The molecule has 0 aromatic rings. The molecule has 0 N–H and O–H groups in total. The average molecular weight is 245 g/mol. The Morgan fingerprint density at radius 3 is 0.267 bits per heavy atom. The van der Waals surface area contributed by atoms with Gasteiger partial charge in [-0.2, -0.15) is 0 Å². The molecular formula is C7H7FeN7. The van der Waals surface area contributed by atoms with E-state index in [0.29, 0.717) is 0 Å². The Labute approximate surface area is 100 Å².